The van der Waals surface area contributed by atoms with Crippen LogP contribution in [-0.4, -0.2) is 60.6 Å². The molecule has 0 amide bonds. The van der Waals surface area contributed by atoms with Gasteiger partial charge in [-0.05, 0) is 54.4 Å². The zero-order valence-electron chi connectivity index (χ0n) is 17.5. The van der Waals surface area contributed by atoms with Gasteiger partial charge >= 0.3 is 0 Å². The molecule has 3 rings (SSSR count). The molecule has 0 bridgehead atoms. The van der Waals surface area contributed by atoms with E-state index in [9.17, 15) is 0 Å². The van der Waals surface area contributed by atoms with Crippen LogP contribution in [0, 0.1) is 0 Å². The van der Waals surface area contributed by atoms with Crippen molar-refractivity contribution in [1.29, 1.82) is 0 Å². The molecule has 0 fully saturated rings. The second-order valence-corrected chi connectivity index (χ2v) is 6.93. The van der Waals surface area contributed by atoms with Crippen molar-refractivity contribution in [3.05, 3.63) is 41.0 Å². The van der Waals surface area contributed by atoms with Gasteiger partial charge in [0, 0.05) is 19.0 Å². The fourth-order valence-electron chi connectivity index (χ4n) is 3.88. The van der Waals surface area contributed by atoms with Crippen LogP contribution in [0.5, 0.6) is 28.7 Å². The van der Waals surface area contributed by atoms with Crippen LogP contribution in [0.25, 0.3) is 0 Å². The van der Waals surface area contributed by atoms with Crippen LogP contribution in [0.4, 0.5) is 0 Å². The standard InChI is InChI=1S/C22H29NO5/c1-23-8-7-14-9-18(24-2)19(25-3)12-16(14)17(13-23)15-10-20(26-4)22(28-6)21(11-15)27-5/h9-12,17H,7-8,13H2,1-6H3. The first-order chi connectivity index (χ1) is 13.6. The molecule has 28 heavy (non-hydrogen) atoms. The van der Waals surface area contributed by atoms with Crippen molar-refractivity contribution in [2.75, 3.05) is 55.7 Å². The molecule has 0 radical (unpaired) electrons. The molecule has 2 aromatic carbocycles. The number of ether oxygens (including phenoxy) is 5. The summed E-state index contributed by atoms with van der Waals surface area (Å²) in [6.45, 7) is 1.85. The van der Waals surface area contributed by atoms with Gasteiger partial charge in [0.15, 0.2) is 23.0 Å². The minimum absolute atomic E-state index is 0.135. The predicted octanol–water partition coefficient (Wildman–Crippen LogP) is 3.35. The van der Waals surface area contributed by atoms with Gasteiger partial charge in [-0.1, -0.05) is 0 Å². The number of methoxy groups -OCH3 is 5. The second kappa shape index (κ2) is 8.61. The molecular formula is C22H29NO5. The van der Waals surface area contributed by atoms with Crippen molar-refractivity contribution >= 4 is 0 Å². The topological polar surface area (TPSA) is 49.4 Å². The summed E-state index contributed by atoms with van der Waals surface area (Å²) in [6.07, 6.45) is 0.952. The Hall–Kier alpha value is -2.60. The van der Waals surface area contributed by atoms with Gasteiger partial charge < -0.3 is 28.6 Å². The van der Waals surface area contributed by atoms with Crippen molar-refractivity contribution in [3.63, 3.8) is 0 Å². The van der Waals surface area contributed by atoms with Crippen LogP contribution >= 0.6 is 0 Å². The molecule has 2 aromatic rings. The first-order valence-electron chi connectivity index (χ1n) is 9.29. The van der Waals surface area contributed by atoms with E-state index >= 15 is 0 Å². The predicted molar refractivity (Wildman–Crippen MR) is 109 cm³/mol. The Morgan fingerprint density at radius 3 is 1.86 bits per heavy atom. The molecule has 0 aliphatic carbocycles. The Morgan fingerprint density at radius 1 is 0.750 bits per heavy atom. The number of benzene rings is 2. The smallest absolute Gasteiger partial charge is 0.203 e. The van der Waals surface area contributed by atoms with Crippen LogP contribution < -0.4 is 23.7 Å². The first kappa shape index (κ1) is 20.1. The molecule has 0 N–H and O–H groups in total. The fourth-order valence-corrected chi connectivity index (χ4v) is 3.88. The Balaban J connectivity index is 2.19. The van der Waals surface area contributed by atoms with Gasteiger partial charge in [0.25, 0.3) is 0 Å². The molecule has 1 aliphatic heterocycles. The average Bonchev–Trinajstić information content (AvgIpc) is 2.89. The summed E-state index contributed by atoms with van der Waals surface area (Å²) in [5.41, 5.74) is 3.61. The minimum Gasteiger partial charge on any atom is -0.493 e. The van der Waals surface area contributed by atoms with E-state index in [4.69, 9.17) is 23.7 Å². The van der Waals surface area contributed by atoms with Crippen molar-refractivity contribution < 1.29 is 23.7 Å². The monoisotopic (exact) mass is 387 g/mol. The average molecular weight is 387 g/mol. The lowest BCUT2D eigenvalue weighted by Gasteiger charge is -2.24. The van der Waals surface area contributed by atoms with E-state index in [1.807, 2.05) is 12.1 Å². The maximum atomic E-state index is 5.57. The largest absolute Gasteiger partial charge is 0.493 e. The lowest BCUT2D eigenvalue weighted by atomic mass is 9.87. The molecule has 1 heterocycles. The number of rotatable bonds is 6. The van der Waals surface area contributed by atoms with Gasteiger partial charge in [0.2, 0.25) is 5.75 Å². The Bertz CT molecular complexity index is 811. The summed E-state index contributed by atoms with van der Waals surface area (Å²) in [4.78, 5) is 2.34. The van der Waals surface area contributed by atoms with Crippen LogP contribution in [0.15, 0.2) is 24.3 Å². The molecule has 1 atom stereocenters. The first-order valence-corrected chi connectivity index (χ1v) is 9.29. The second-order valence-electron chi connectivity index (χ2n) is 6.93. The highest BCUT2D eigenvalue weighted by Crippen LogP contribution is 2.44. The molecule has 0 aromatic heterocycles. The van der Waals surface area contributed by atoms with Crippen molar-refractivity contribution in [1.82, 2.24) is 4.90 Å². The number of likely N-dealkylation sites (N-methyl/N-ethyl adjacent to an activating group) is 1. The third-order valence-electron chi connectivity index (χ3n) is 5.37. The Morgan fingerprint density at radius 2 is 1.32 bits per heavy atom. The molecule has 152 valence electrons. The van der Waals surface area contributed by atoms with Crippen LogP contribution in [-0.2, 0) is 6.42 Å². The zero-order valence-corrected chi connectivity index (χ0v) is 17.5. The van der Waals surface area contributed by atoms with E-state index in [0.29, 0.717) is 17.2 Å². The highest BCUT2D eigenvalue weighted by molar-refractivity contribution is 5.57. The highest BCUT2D eigenvalue weighted by Gasteiger charge is 2.27. The summed E-state index contributed by atoms with van der Waals surface area (Å²) >= 11 is 0. The van der Waals surface area contributed by atoms with Crippen LogP contribution in [0.3, 0.4) is 0 Å². The molecule has 0 saturated carbocycles. The van der Waals surface area contributed by atoms with E-state index in [2.05, 4.69) is 24.1 Å². The van der Waals surface area contributed by atoms with Gasteiger partial charge in [-0.3, -0.25) is 0 Å². The SMILES string of the molecule is COc1cc2c(cc1OC)C(c1cc(OC)c(OC)c(OC)c1)CN(C)CC2. The lowest BCUT2D eigenvalue weighted by molar-refractivity contribution is 0.320. The molecular weight excluding hydrogens is 358 g/mol. The van der Waals surface area contributed by atoms with Gasteiger partial charge in [-0.15, -0.1) is 0 Å². The van der Waals surface area contributed by atoms with Gasteiger partial charge in [-0.25, -0.2) is 0 Å². The molecule has 1 aliphatic rings. The Labute approximate surface area is 166 Å². The number of hydrogen-bond donors (Lipinski definition) is 0. The van der Waals surface area contributed by atoms with E-state index in [1.165, 1.54) is 11.1 Å². The molecule has 0 spiro atoms. The fraction of sp³-hybridized carbons (Fsp3) is 0.455. The van der Waals surface area contributed by atoms with Gasteiger partial charge in [0.1, 0.15) is 0 Å². The number of fused-ring (bicyclic) bond motifs is 1. The maximum Gasteiger partial charge on any atom is 0.203 e. The van der Waals surface area contributed by atoms with Crippen molar-refractivity contribution in [2.45, 2.75) is 12.3 Å². The summed E-state index contributed by atoms with van der Waals surface area (Å²) in [5, 5.41) is 0. The summed E-state index contributed by atoms with van der Waals surface area (Å²) in [7, 11) is 10.4. The Kier molecular flexibility index (Phi) is 6.19. The van der Waals surface area contributed by atoms with Crippen LogP contribution in [0.2, 0.25) is 0 Å². The van der Waals surface area contributed by atoms with Crippen molar-refractivity contribution in [2.24, 2.45) is 0 Å². The minimum atomic E-state index is 0.135. The van der Waals surface area contributed by atoms with Crippen LogP contribution in [0.1, 0.15) is 22.6 Å². The summed E-state index contributed by atoms with van der Waals surface area (Å²) < 4.78 is 27.7. The molecule has 0 saturated heterocycles. The van der Waals surface area contributed by atoms with E-state index in [-0.39, 0.29) is 5.92 Å². The normalized spacial score (nSPS) is 16.7. The third kappa shape index (κ3) is 3.69. The van der Waals surface area contributed by atoms with Gasteiger partial charge in [0.05, 0.1) is 35.5 Å². The quantitative estimate of drug-likeness (QED) is 0.758. The molecule has 6 nitrogen and oxygen atoms in total. The van der Waals surface area contributed by atoms with E-state index in [0.717, 1.165) is 36.6 Å². The highest BCUT2D eigenvalue weighted by atomic mass is 16.5. The summed E-state index contributed by atoms with van der Waals surface area (Å²) in [6, 6.07) is 8.26. The summed E-state index contributed by atoms with van der Waals surface area (Å²) in [5.74, 6) is 3.55. The maximum absolute atomic E-state index is 5.57. The molecule has 6 heteroatoms. The van der Waals surface area contributed by atoms with E-state index in [1.54, 1.807) is 35.5 Å². The number of hydrogen-bond acceptors (Lipinski definition) is 6. The number of nitrogens with zero attached hydrogens (tertiary/aromatic N) is 1. The third-order valence-corrected chi connectivity index (χ3v) is 5.37. The van der Waals surface area contributed by atoms with Gasteiger partial charge in [-0.2, -0.15) is 0 Å². The molecule has 1 unspecified atom stereocenters. The zero-order chi connectivity index (χ0) is 20.3. The lowest BCUT2D eigenvalue weighted by Crippen LogP contribution is -2.24. The van der Waals surface area contributed by atoms with Crippen molar-refractivity contribution in [3.8, 4) is 28.7 Å². The van der Waals surface area contributed by atoms with E-state index < -0.39 is 0 Å².